The van der Waals surface area contributed by atoms with Gasteiger partial charge in [-0.3, -0.25) is 0 Å². The van der Waals surface area contributed by atoms with E-state index in [1.165, 1.54) is 0 Å². The second-order valence-corrected chi connectivity index (χ2v) is 6.09. The molecule has 1 aromatic heterocycles. The van der Waals surface area contributed by atoms with Crippen LogP contribution in [0.4, 0.5) is 0 Å². The first-order valence-electron chi connectivity index (χ1n) is 8.18. The largest absolute Gasteiger partial charge is 0.361 e. The molecule has 0 aliphatic rings. The van der Waals surface area contributed by atoms with Gasteiger partial charge in [0.2, 0.25) is 0 Å². The lowest BCUT2D eigenvalue weighted by atomic mass is 10.1. The Balaban J connectivity index is 2.01. The van der Waals surface area contributed by atoms with E-state index in [-0.39, 0.29) is 0 Å². The van der Waals surface area contributed by atoms with E-state index in [9.17, 15) is 0 Å². The van der Waals surface area contributed by atoms with Crippen LogP contribution in [0.2, 0.25) is 0 Å². The van der Waals surface area contributed by atoms with Crippen LogP contribution in [-0.2, 0) is 0 Å². The first-order valence-corrected chi connectivity index (χ1v) is 8.59. The van der Waals surface area contributed by atoms with Crippen LogP contribution >= 0.6 is 12.2 Å². The minimum atomic E-state index is 0.735. The second kappa shape index (κ2) is 6.83. The van der Waals surface area contributed by atoms with Gasteiger partial charge in [0, 0.05) is 23.8 Å². The van der Waals surface area contributed by atoms with Crippen LogP contribution in [-0.4, -0.2) is 4.57 Å². The first-order chi connectivity index (χ1) is 12.3. The van der Waals surface area contributed by atoms with Gasteiger partial charge in [-0.1, -0.05) is 66.7 Å². The fourth-order valence-electron chi connectivity index (χ4n) is 2.94. The summed E-state index contributed by atoms with van der Waals surface area (Å²) in [6.45, 7) is 0. The maximum absolute atomic E-state index is 5.87. The Morgan fingerprint density at radius 2 is 1.20 bits per heavy atom. The van der Waals surface area contributed by atoms with E-state index in [2.05, 4.69) is 47.0 Å². The molecule has 0 radical (unpaired) electrons. The molecule has 120 valence electrons. The van der Waals surface area contributed by atoms with Crippen molar-refractivity contribution in [3.8, 4) is 22.6 Å². The van der Waals surface area contributed by atoms with Crippen molar-refractivity contribution in [1.82, 2.24) is 4.57 Å². The summed E-state index contributed by atoms with van der Waals surface area (Å²) < 4.78 is 4.89. The van der Waals surface area contributed by atoms with Crippen molar-refractivity contribution in [2.45, 2.75) is 0 Å². The van der Waals surface area contributed by atoms with Crippen LogP contribution in [0.3, 0.4) is 0 Å². The molecule has 25 heavy (non-hydrogen) atoms. The van der Waals surface area contributed by atoms with E-state index in [0.717, 1.165) is 27.4 Å². The van der Waals surface area contributed by atoms with Crippen molar-refractivity contribution >= 4 is 12.2 Å². The van der Waals surface area contributed by atoms with E-state index < -0.39 is 0 Å². The summed E-state index contributed by atoms with van der Waals surface area (Å²) >= 11 is 5.87. The van der Waals surface area contributed by atoms with Gasteiger partial charge in [0.25, 0.3) is 0 Å². The SMILES string of the molecule is S=c1n(-c2ccccc2)c(-c2ccccc2)cc[n+]1-c1ccccc1. The van der Waals surface area contributed by atoms with Gasteiger partial charge in [0.1, 0.15) is 23.3 Å². The summed E-state index contributed by atoms with van der Waals surface area (Å²) in [4.78, 5) is 0. The minimum Gasteiger partial charge on any atom is -0.189 e. The average Bonchev–Trinajstić information content (AvgIpc) is 2.70. The Morgan fingerprint density at radius 1 is 0.640 bits per heavy atom. The molecule has 0 N–H and O–H groups in total. The highest BCUT2D eigenvalue weighted by Crippen LogP contribution is 2.22. The standard InChI is InChI=1S/C22H17N2S/c25-22-23(19-12-6-2-7-13-19)17-16-21(18-10-4-1-5-11-18)24(22)20-14-8-3-9-15-20/h1-17H/q+1. The van der Waals surface area contributed by atoms with E-state index >= 15 is 0 Å². The minimum absolute atomic E-state index is 0.735. The Kier molecular flexibility index (Phi) is 4.23. The lowest BCUT2D eigenvalue weighted by Gasteiger charge is -2.10. The summed E-state index contributed by atoms with van der Waals surface area (Å²) in [6, 6.07) is 32.9. The van der Waals surface area contributed by atoms with Crippen LogP contribution in [0.25, 0.3) is 22.6 Å². The van der Waals surface area contributed by atoms with Crippen molar-refractivity contribution in [3.05, 3.63) is 108 Å². The molecule has 0 unspecified atom stereocenters. The zero-order chi connectivity index (χ0) is 17.1. The monoisotopic (exact) mass is 341 g/mol. The highest BCUT2D eigenvalue weighted by molar-refractivity contribution is 7.71. The molecule has 0 atom stereocenters. The number of rotatable bonds is 3. The van der Waals surface area contributed by atoms with Gasteiger partial charge in [0.15, 0.2) is 0 Å². The maximum Gasteiger partial charge on any atom is 0.361 e. The predicted octanol–water partition coefficient (Wildman–Crippen LogP) is 5.15. The van der Waals surface area contributed by atoms with Crippen molar-refractivity contribution in [3.63, 3.8) is 0 Å². The molecule has 4 rings (SSSR count). The fraction of sp³-hybridized carbons (Fsp3) is 0. The smallest absolute Gasteiger partial charge is 0.189 e. The highest BCUT2D eigenvalue weighted by Gasteiger charge is 2.17. The molecule has 1 heterocycles. The molecule has 0 aliphatic heterocycles. The van der Waals surface area contributed by atoms with Crippen molar-refractivity contribution < 1.29 is 4.57 Å². The Morgan fingerprint density at radius 3 is 1.84 bits per heavy atom. The molecule has 2 nitrogen and oxygen atoms in total. The average molecular weight is 341 g/mol. The molecule has 0 saturated carbocycles. The molecule has 0 fully saturated rings. The molecule has 3 heteroatoms. The van der Waals surface area contributed by atoms with Crippen molar-refractivity contribution in [1.29, 1.82) is 0 Å². The van der Waals surface area contributed by atoms with Crippen molar-refractivity contribution in [2.24, 2.45) is 0 Å². The van der Waals surface area contributed by atoms with Crippen LogP contribution in [0, 0.1) is 4.77 Å². The third-order valence-corrected chi connectivity index (χ3v) is 4.52. The summed E-state index contributed by atoms with van der Waals surface area (Å²) in [5.41, 5.74) is 4.31. The molecular weight excluding hydrogens is 324 g/mol. The molecule has 0 amide bonds. The van der Waals surface area contributed by atoms with Gasteiger partial charge in [0.05, 0.1) is 0 Å². The topological polar surface area (TPSA) is 8.81 Å². The number of hydrogen-bond acceptors (Lipinski definition) is 1. The number of aromatic nitrogens is 2. The zero-order valence-corrected chi connectivity index (χ0v) is 14.4. The molecule has 3 aromatic carbocycles. The Bertz CT molecular complexity index is 1040. The summed E-state index contributed by atoms with van der Waals surface area (Å²) in [5, 5.41) is 0. The third kappa shape index (κ3) is 3.02. The normalized spacial score (nSPS) is 10.6. The molecule has 4 aromatic rings. The van der Waals surface area contributed by atoms with Crippen molar-refractivity contribution in [2.75, 3.05) is 0 Å². The van der Waals surface area contributed by atoms with Crippen LogP contribution in [0.5, 0.6) is 0 Å². The van der Waals surface area contributed by atoms with Crippen LogP contribution < -0.4 is 4.57 Å². The molecular formula is C22H17N2S+. The number of hydrogen-bond donors (Lipinski definition) is 0. The number of benzene rings is 3. The lowest BCUT2D eigenvalue weighted by Crippen LogP contribution is -2.35. The molecule has 0 aliphatic carbocycles. The highest BCUT2D eigenvalue weighted by atomic mass is 32.1. The number of para-hydroxylation sites is 2. The van der Waals surface area contributed by atoms with Crippen LogP contribution in [0.15, 0.2) is 103 Å². The second-order valence-electron chi connectivity index (χ2n) is 5.73. The molecule has 0 bridgehead atoms. The van der Waals surface area contributed by atoms with Gasteiger partial charge in [-0.05, 0) is 24.3 Å². The van der Waals surface area contributed by atoms with Gasteiger partial charge < -0.3 is 0 Å². The Hall–Kier alpha value is -3.04. The van der Waals surface area contributed by atoms with Gasteiger partial charge in [-0.15, -0.1) is 0 Å². The summed E-state index contributed by atoms with van der Waals surface area (Å²) in [7, 11) is 0. The zero-order valence-electron chi connectivity index (χ0n) is 13.6. The summed E-state index contributed by atoms with van der Waals surface area (Å²) in [6.07, 6.45) is 2.04. The predicted molar refractivity (Wildman–Crippen MR) is 104 cm³/mol. The molecule has 0 spiro atoms. The van der Waals surface area contributed by atoms with E-state index in [1.54, 1.807) is 0 Å². The fourth-order valence-corrected chi connectivity index (χ4v) is 3.31. The van der Waals surface area contributed by atoms with E-state index in [1.807, 2.05) is 65.4 Å². The Labute approximate surface area is 152 Å². The van der Waals surface area contributed by atoms with E-state index in [0.29, 0.717) is 0 Å². The molecule has 0 saturated heterocycles. The van der Waals surface area contributed by atoms with Gasteiger partial charge >= 0.3 is 4.77 Å². The third-order valence-electron chi connectivity index (χ3n) is 4.14. The lowest BCUT2D eigenvalue weighted by molar-refractivity contribution is -0.607. The first kappa shape index (κ1) is 15.5. The van der Waals surface area contributed by atoms with E-state index in [4.69, 9.17) is 12.2 Å². The quantitative estimate of drug-likeness (QED) is 0.370. The van der Waals surface area contributed by atoms with Gasteiger partial charge in [-0.2, -0.15) is 9.13 Å². The maximum atomic E-state index is 5.87. The number of nitrogens with zero attached hydrogens (tertiary/aromatic N) is 2. The summed E-state index contributed by atoms with van der Waals surface area (Å²) in [5.74, 6) is 0. The van der Waals surface area contributed by atoms with Crippen LogP contribution in [0.1, 0.15) is 0 Å². The van der Waals surface area contributed by atoms with Gasteiger partial charge in [-0.25, -0.2) is 0 Å².